The Morgan fingerprint density at radius 1 is 1.24 bits per heavy atom. The highest BCUT2D eigenvalue weighted by Crippen LogP contribution is 2.22. The van der Waals surface area contributed by atoms with Crippen molar-refractivity contribution in [1.29, 1.82) is 0 Å². The van der Waals surface area contributed by atoms with Crippen LogP contribution in [-0.2, 0) is 26.1 Å². The van der Waals surface area contributed by atoms with Crippen LogP contribution < -0.4 is 0 Å². The number of hydrogen-bond acceptors (Lipinski definition) is 4. The Bertz CT molecular complexity index is 640. The van der Waals surface area contributed by atoms with Gasteiger partial charge in [-0.2, -0.15) is 0 Å². The van der Waals surface area contributed by atoms with Gasteiger partial charge in [-0.15, -0.1) is 0 Å². The summed E-state index contributed by atoms with van der Waals surface area (Å²) in [6.07, 6.45) is 1.16. The van der Waals surface area contributed by atoms with Crippen LogP contribution in [0, 0.1) is 5.92 Å². The van der Waals surface area contributed by atoms with E-state index in [4.69, 9.17) is 4.74 Å². The van der Waals surface area contributed by atoms with Crippen LogP contribution in [0.3, 0.4) is 0 Å². The molecule has 1 aliphatic heterocycles. The monoisotopic (exact) mass is 368 g/mol. The van der Waals surface area contributed by atoms with Crippen LogP contribution in [0.1, 0.15) is 25.3 Å². The number of benzene rings is 1. The summed E-state index contributed by atoms with van der Waals surface area (Å²) in [4.78, 5) is 14.7. The normalized spacial score (nSPS) is 16.7. The van der Waals surface area contributed by atoms with Crippen molar-refractivity contribution in [1.82, 2.24) is 9.21 Å². The molecule has 0 spiro atoms. The molecule has 0 aliphatic carbocycles. The summed E-state index contributed by atoms with van der Waals surface area (Å²) in [5, 5.41) is 0. The molecule has 0 N–H and O–H groups in total. The molecule has 7 heteroatoms. The van der Waals surface area contributed by atoms with Crippen molar-refractivity contribution in [2.45, 2.75) is 26.3 Å². The van der Waals surface area contributed by atoms with Crippen molar-refractivity contribution in [3.63, 3.8) is 0 Å². The smallest absolute Gasteiger partial charge is 0.226 e. The number of carbonyl (C=O) groups is 1. The number of ether oxygens (including phenoxy) is 1. The van der Waals surface area contributed by atoms with Crippen LogP contribution in [0.2, 0.25) is 0 Å². The predicted octanol–water partition coefficient (Wildman–Crippen LogP) is 1.72. The zero-order chi connectivity index (χ0) is 18.3. The molecule has 1 aromatic rings. The fourth-order valence-corrected chi connectivity index (χ4v) is 4.51. The average molecular weight is 368 g/mol. The predicted molar refractivity (Wildman–Crippen MR) is 97.5 cm³/mol. The van der Waals surface area contributed by atoms with Crippen molar-refractivity contribution >= 4 is 15.9 Å². The number of methoxy groups -OCH3 is 1. The van der Waals surface area contributed by atoms with Gasteiger partial charge in [0, 0.05) is 39.2 Å². The molecule has 0 bridgehead atoms. The maximum Gasteiger partial charge on any atom is 0.226 e. The number of nitrogens with zero attached hydrogens (tertiary/aromatic N) is 2. The van der Waals surface area contributed by atoms with E-state index in [1.807, 2.05) is 42.2 Å². The molecule has 0 aromatic heterocycles. The summed E-state index contributed by atoms with van der Waals surface area (Å²) < 4.78 is 30.8. The number of carbonyl (C=O) groups excluding carboxylic acids is 1. The van der Waals surface area contributed by atoms with Crippen molar-refractivity contribution in [3.8, 4) is 0 Å². The van der Waals surface area contributed by atoms with E-state index in [0.29, 0.717) is 39.0 Å². The van der Waals surface area contributed by atoms with Crippen molar-refractivity contribution in [2.75, 3.05) is 39.1 Å². The minimum atomic E-state index is -3.29. The van der Waals surface area contributed by atoms with Crippen LogP contribution in [-0.4, -0.2) is 62.6 Å². The number of hydrogen-bond donors (Lipinski definition) is 0. The first-order chi connectivity index (χ1) is 12.0. The second-order valence-corrected chi connectivity index (χ2v) is 8.41. The molecule has 1 aliphatic rings. The molecule has 1 amide bonds. The van der Waals surface area contributed by atoms with Crippen LogP contribution in [0.25, 0.3) is 0 Å². The van der Waals surface area contributed by atoms with Crippen molar-refractivity contribution < 1.29 is 17.9 Å². The molecule has 1 saturated heterocycles. The summed E-state index contributed by atoms with van der Waals surface area (Å²) in [7, 11) is -1.79. The summed E-state index contributed by atoms with van der Waals surface area (Å²) in [5.74, 6) is 0.0230. The summed E-state index contributed by atoms with van der Waals surface area (Å²) in [5.41, 5.74) is 1.11. The molecule has 0 unspecified atom stereocenters. The van der Waals surface area contributed by atoms with E-state index in [1.165, 1.54) is 11.4 Å². The number of piperidine rings is 1. The Balaban J connectivity index is 1.91. The van der Waals surface area contributed by atoms with Gasteiger partial charge in [0.1, 0.15) is 0 Å². The van der Waals surface area contributed by atoms with E-state index in [2.05, 4.69) is 0 Å². The van der Waals surface area contributed by atoms with Gasteiger partial charge >= 0.3 is 0 Å². The van der Waals surface area contributed by atoms with Crippen LogP contribution in [0.5, 0.6) is 0 Å². The number of rotatable bonds is 8. The van der Waals surface area contributed by atoms with Gasteiger partial charge in [0.25, 0.3) is 0 Å². The van der Waals surface area contributed by atoms with Gasteiger partial charge in [-0.3, -0.25) is 4.79 Å². The van der Waals surface area contributed by atoms with Crippen LogP contribution >= 0.6 is 0 Å². The van der Waals surface area contributed by atoms with Crippen LogP contribution in [0.4, 0.5) is 0 Å². The highest BCUT2D eigenvalue weighted by atomic mass is 32.2. The van der Waals surface area contributed by atoms with E-state index in [0.717, 1.165) is 5.56 Å². The van der Waals surface area contributed by atoms with Gasteiger partial charge in [-0.1, -0.05) is 30.3 Å². The maximum atomic E-state index is 12.8. The van der Waals surface area contributed by atoms with E-state index >= 15 is 0 Å². The fraction of sp³-hybridized carbons (Fsp3) is 0.611. The molecule has 1 aromatic carbocycles. The van der Waals surface area contributed by atoms with Crippen molar-refractivity contribution in [2.24, 2.45) is 5.92 Å². The summed E-state index contributed by atoms with van der Waals surface area (Å²) in [6, 6.07) is 9.93. The fourth-order valence-electron chi connectivity index (χ4n) is 3.11. The van der Waals surface area contributed by atoms with Gasteiger partial charge in [0.05, 0.1) is 12.4 Å². The zero-order valence-corrected chi connectivity index (χ0v) is 15.9. The largest absolute Gasteiger partial charge is 0.384 e. The SMILES string of the molecule is CCN(Cc1ccccc1)C(=O)C1CCN(S(=O)(=O)CCOC)CC1. The molecule has 1 heterocycles. The first-order valence-electron chi connectivity index (χ1n) is 8.77. The second-order valence-electron chi connectivity index (χ2n) is 6.32. The standard InChI is InChI=1S/C18H28N2O4S/c1-3-19(15-16-7-5-4-6-8-16)18(21)17-9-11-20(12-10-17)25(22,23)14-13-24-2/h4-8,17H,3,9-15H2,1-2H3. The van der Waals surface area contributed by atoms with Crippen LogP contribution in [0.15, 0.2) is 30.3 Å². The van der Waals surface area contributed by atoms with Crippen molar-refractivity contribution in [3.05, 3.63) is 35.9 Å². The third-order valence-corrected chi connectivity index (χ3v) is 6.49. The van der Waals surface area contributed by atoms with Gasteiger partial charge in [-0.25, -0.2) is 12.7 Å². The van der Waals surface area contributed by atoms with Gasteiger partial charge in [0.15, 0.2) is 0 Å². The first kappa shape index (κ1) is 19.9. The van der Waals surface area contributed by atoms with Gasteiger partial charge < -0.3 is 9.64 Å². The molecule has 6 nitrogen and oxygen atoms in total. The lowest BCUT2D eigenvalue weighted by molar-refractivity contribution is -0.137. The quantitative estimate of drug-likeness (QED) is 0.701. The van der Waals surface area contributed by atoms with E-state index in [-0.39, 0.29) is 24.2 Å². The van der Waals surface area contributed by atoms with E-state index < -0.39 is 10.0 Å². The Hall–Kier alpha value is -1.44. The second kappa shape index (κ2) is 9.31. The minimum absolute atomic E-state index is 0.00277. The summed E-state index contributed by atoms with van der Waals surface area (Å²) in [6.45, 7) is 4.24. The molecule has 25 heavy (non-hydrogen) atoms. The highest BCUT2D eigenvalue weighted by molar-refractivity contribution is 7.89. The summed E-state index contributed by atoms with van der Waals surface area (Å²) >= 11 is 0. The average Bonchev–Trinajstić information content (AvgIpc) is 2.65. The zero-order valence-electron chi connectivity index (χ0n) is 15.1. The molecular weight excluding hydrogens is 340 g/mol. The maximum absolute atomic E-state index is 12.8. The molecule has 1 fully saturated rings. The third kappa shape index (κ3) is 5.52. The number of amides is 1. The van der Waals surface area contributed by atoms with E-state index in [9.17, 15) is 13.2 Å². The Morgan fingerprint density at radius 3 is 2.44 bits per heavy atom. The molecule has 0 atom stereocenters. The first-order valence-corrected chi connectivity index (χ1v) is 10.4. The Labute approximate surface area is 150 Å². The minimum Gasteiger partial charge on any atom is -0.384 e. The lowest BCUT2D eigenvalue weighted by Crippen LogP contribution is -2.45. The molecule has 0 radical (unpaired) electrons. The van der Waals surface area contributed by atoms with Gasteiger partial charge in [-0.05, 0) is 25.3 Å². The molecule has 140 valence electrons. The molecule has 0 saturated carbocycles. The lowest BCUT2D eigenvalue weighted by Gasteiger charge is -2.33. The Kier molecular flexibility index (Phi) is 7.40. The Morgan fingerprint density at radius 2 is 1.88 bits per heavy atom. The molecular formula is C18H28N2O4S. The van der Waals surface area contributed by atoms with E-state index in [1.54, 1.807) is 0 Å². The third-order valence-electron chi connectivity index (χ3n) is 4.65. The van der Waals surface area contributed by atoms with Gasteiger partial charge in [0.2, 0.25) is 15.9 Å². The lowest BCUT2D eigenvalue weighted by atomic mass is 9.96. The topological polar surface area (TPSA) is 66.9 Å². The number of sulfonamides is 1. The highest BCUT2D eigenvalue weighted by Gasteiger charge is 2.32. The molecule has 2 rings (SSSR count).